The molecule has 0 aromatic heterocycles. The van der Waals surface area contributed by atoms with E-state index in [1.165, 1.54) is 42.7 Å². The summed E-state index contributed by atoms with van der Waals surface area (Å²) in [6.45, 7) is 5.55. The van der Waals surface area contributed by atoms with Gasteiger partial charge in [0.25, 0.3) is 0 Å². The third-order valence-corrected chi connectivity index (χ3v) is 9.34. The van der Waals surface area contributed by atoms with Crippen LogP contribution in [-0.4, -0.2) is 60.2 Å². The summed E-state index contributed by atoms with van der Waals surface area (Å²) < 4.78 is 125. The van der Waals surface area contributed by atoms with Crippen LogP contribution in [0.15, 0.2) is 24.3 Å². The Labute approximate surface area is 309 Å². The molecule has 0 saturated heterocycles. The highest BCUT2D eigenvalue weighted by molar-refractivity contribution is 5.98. The summed E-state index contributed by atoms with van der Waals surface area (Å²) in [6, 6.07) is 3.52. The minimum Gasteiger partial charge on any atom is -1.00 e. The van der Waals surface area contributed by atoms with Gasteiger partial charge in [-0.3, -0.25) is 0 Å². The van der Waals surface area contributed by atoms with Crippen LogP contribution < -0.4 is 45.4 Å². The van der Waals surface area contributed by atoms with E-state index < -0.39 is 34.9 Å². The molecule has 4 aromatic rings. The molecule has 52 heavy (non-hydrogen) atoms. The third-order valence-electron chi connectivity index (χ3n) is 9.34. The Bertz CT molecular complexity index is 1800. The summed E-state index contributed by atoms with van der Waals surface area (Å²) in [5.74, 6) is -8.47. The molecule has 282 valence electrons. The molecule has 1 aliphatic rings. The van der Waals surface area contributed by atoms with Crippen molar-refractivity contribution < 1.29 is 76.2 Å². The quantitative estimate of drug-likeness (QED) is 0.0964. The number of benzene rings is 4. The maximum atomic E-state index is 15.0. The van der Waals surface area contributed by atoms with Gasteiger partial charge in [0.05, 0.1) is 55.7 Å². The maximum absolute atomic E-state index is 15.0. The second kappa shape index (κ2) is 16.2. The van der Waals surface area contributed by atoms with Gasteiger partial charge in [0.1, 0.15) is 13.1 Å². The van der Waals surface area contributed by atoms with Crippen LogP contribution in [0.25, 0.3) is 33.4 Å². The smallest absolute Gasteiger partial charge is 0.204 e. The van der Waals surface area contributed by atoms with Crippen molar-refractivity contribution in [2.45, 2.75) is 39.8 Å². The molecule has 0 unspecified atom stereocenters. The molecule has 1 aliphatic heterocycles. The standard InChI is InChI=1S/C38H40F6NO6.BrH/c1-9-11-45(12-10-2)17-21-27(19-13-23(39)31(43)24(40)14-19)33(46-3)37(50-7)35(48-5)29(21)30-22(18-45)28(20-15-25(41)32(44)26(42)16-20)34(47-4)38(51-8)36(30)49-6;/h13-16H,9-12,17-18H2,1-8H3;1H/q+1;/p-1. The van der Waals surface area contributed by atoms with Crippen LogP contribution >= 0.6 is 0 Å². The van der Waals surface area contributed by atoms with Gasteiger partial charge in [-0.15, -0.1) is 0 Å². The molecule has 0 fully saturated rings. The van der Waals surface area contributed by atoms with Crippen LogP contribution in [0, 0.1) is 34.9 Å². The molecule has 5 rings (SSSR count). The average molecular weight is 801 g/mol. The molecule has 0 aliphatic carbocycles. The van der Waals surface area contributed by atoms with E-state index in [1.54, 1.807) is 0 Å². The molecule has 0 N–H and O–H groups in total. The Balaban J connectivity index is 0.00000605. The van der Waals surface area contributed by atoms with Crippen molar-refractivity contribution in [1.82, 2.24) is 0 Å². The first-order valence-corrected chi connectivity index (χ1v) is 16.3. The third kappa shape index (κ3) is 6.59. The summed E-state index contributed by atoms with van der Waals surface area (Å²) in [5.41, 5.74) is 1.92. The van der Waals surface area contributed by atoms with Crippen LogP contribution in [0.1, 0.15) is 37.8 Å². The number of halogens is 7. The first-order chi connectivity index (χ1) is 24.4. The predicted molar refractivity (Wildman–Crippen MR) is 180 cm³/mol. The fourth-order valence-corrected chi connectivity index (χ4v) is 7.57. The maximum Gasteiger partial charge on any atom is 0.204 e. The second-order valence-corrected chi connectivity index (χ2v) is 12.3. The van der Waals surface area contributed by atoms with Crippen LogP contribution in [-0.2, 0) is 13.1 Å². The molecular formula is C38H40BrF6NO6. The van der Waals surface area contributed by atoms with Crippen molar-refractivity contribution in [1.29, 1.82) is 0 Å². The van der Waals surface area contributed by atoms with Crippen LogP contribution in [0.2, 0.25) is 0 Å². The van der Waals surface area contributed by atoms with E-state index in [0.717, 1.165) is 24.3 Å². The van der Waals surface area contributed by atoms with Gasteiger partial charge in [-0.25, -0.2) is 26.3 Å². The summed E-state index contributed by atoms with van der Waals surface area (Å²) in [4.78, 5) is 0. The summed E-state index contributed by atoms with van der Waals surface area (Å²) in [7, 11) is 8.23. The fraction of sp³-hybridized carbons (Fsp3) is 0.368. The average Bonchev–Trinajstić information content (AvgIpc) is 3.24. The molecule has 1 heterocycles. The molecule has 0 bridgehead atoms. The summed E-state index contributed by atoms with van der Waals surface area (Å²) in [6.07, 6.45) is 1.37. The van der Waals surface area contributed by atoms with Gasteiger partial charge in [-0.2, -0.15) is 0 Å². The Morgan fingerprint density at radius 1 is 0.462 bits per heavy atom. The van der Waals surface area contributed by atoms with Crippen LogP contribution in [0.3, 0.4) is 0 Å². The first-order valence-electron chi connectivity index (χ1n) is 16.3. The Kier molecular flexibility index (Phi) is 12.6. The van der Waals surface area contributed by atoms with Crippen molar-refractivity contribution in [3.05, 3.63) is 70.3 Å². The number of ether oxygens (including phenoxy) is 6. The van der Waals surface area contributed by atoms with Gasteiger partial charge in [0.2, 0.25) is 11.5 Å². The molecule has 0 atom stereocenters. The van der Waals surface area contributed by atoms with E-state index in [9.17, 15) is 8.78 Å². The number of nitrogens with zero attached hydrogens (tertiary/aromatic N) is 1. The van der Waals surface area contributed by atoms with Gasteiger partial charge in [0, 0.05) is 33.4 Å². The molecule has 4 aromatic carbocycles. The van der Waals surface area contributed by atoms with E-state index in [-0.39, 0.29) is 86.8 Å². The highest BCUT2D eigenvalue weighted by atomic mass is 79.9. The van der Waals surface area contributed by atoms with Crippen molar-refractivity contribution in [2.75, 3.05) is 55.7 Å². The Morgan fingerprint density at radius 3 is 0.981 bits per heavy atom. The van der Waals surface area contributed by atoms with E-state index in [0.29, 0.717) is 52.7 Å². The van der Waals surface area contributed by atoms with Crippen molar-refractivity contribution in [3.8, 4) is 67.9 Å². The molecule has 7 nitrogen and oxygen atoms in total. The number of rotatable bonds is 12. The molecule has 0 amide bonds. The summed E-state index contributed by atoms with van der Waals surface area (Å²) >= 11 is 0. The van der Waals surface area contributed by atoms with Crippen LogP contribution in [0.4, 0.5) is 26.3 Å². The first kappa shape index (κ1) is 40.5. The van der Waals surface area contributed by atoms with E-state index in [4.69, 9.17) is 28.4 Å². The Morgan fingerprint density at radius 2 is 0.731 bits per heavy atom. The zero-order valence-electron chi connectivity index (χ0n) is 30.1. The van der Waals surface area contributed by atoms with E-state index >= 15 is 17.6 Å². The van der Waals surface area contributed by atoms with Gasteiger partial charge in [-0.1, -0.05) is 13.8 Å². The van der Waals surface area contributed by atoms with E-state index in [2.05, 4.69) is 0 Å². The monoisotopic (exact) mass is 799 g/mol. The number of hydrogen-bond donors (Lipinski definition) is 0. The normalized spacial score (nSPS) is 13.0. The minimum atomic E-state index is -1.64. The second-order valence-electron chi connectivity index (χ2n) is 12.3. The number of hydrogen-bond acceptors (Lipinski definition) is 6. The highest BCUT2D eigenvalue weighted by Gasteiger charge is 2.43. The topological polar surface area (TPSA) is 55.4 Å². The van der Waals surface area contributed by atoms with Crippen LogP contribution in [0.5, 0.6) is 34.5 Å². The number of fused-ring (bicyclic) bond motifs is 3. The lowest BCUT2D eigenvalue weighted by atomic mass is 9.85. The lowest BCUT2D eigenvalue weighted by Gasteiger charge is -2.39. The molecule has 14 heteroatoms. The lowest BCUT2D eigenvalue weighted by molar-refractivity contribution is -0.953. The SMILES string of the molecule is CCC[N+]1(CCC)Cc2c(-c3cc(F)c(F)c(F)c3)c(OC)c(OC)c(OC)c2-c2c(c(-c3cc(F)c(F)c(F)c3)c(OC)c(OC)c2OC)C1.[Br-]. The molecular weight excluding hydrogens is 760 g/mol. The van der Waals surface area contributed by atoms with Crippen molar-refractivity contribution in [2.24, 2.45) is 0 Å². The van der Waals surface area contributed by atoms with Gasteiger partial charge >= 0.3 is 0 Å². The molecule has 0 saturated carbocycles. The number of quaternary nitrogens is 1. The van der Waals surface area contributed by atoms with Crippen molar-refractivity contribution in [3.63, 3.8) is 0 Å². The molecule has 0 radical (unpaired) electrons. The fourth-order valence-electron chi connectivity index (χ4n) is 7.57. The zero-order valence-corrected chi connectivity index (χ0v) is 31.7. The lowest BCUT2D eigenvalue weighted by Crippen LogP contribution is -3.00. The zero-order chi connectivity index (χ0) is 37.4. The largest absolute Gasteiger partial charge is 1.00 e. The van der Waals surface area contributed by atoms with Crippen molar-refractivity contribution >= 4 is 0 Å². The number of methoxy groups -OCH3 is 6. The van der Waals surface area contributed by atoms with Gasteiger partial charge in [0.15, 0.2) is 57.9 Å². The summed E-state index contributed by atoms with van der Waals surface area (Å²) in [5, 5.41) is 0. The highest BCUT2D eigenvalue weighted by Crippen LogP contribution is 2.62. The predicted octanol–water partition coefficient (Wildman–Crippen LogP) is 6.23. The van der Waals surface area contributed by atoms with E-state index in [1.807, 2.05) is 13.8 Å². The molecule has 0 spiro atoms. The van der Waals surface area contributed by atoms with Gasteiger partial charge < -0.3 is 49.9 Å². The minimum absolute atomic E-state index is 0. The van der Waals surface area contributed by atoms with Gasteiger partial charge in [-0.05, 0) is 48.2 Å². The Hall–Kier alpha value is -4.30.